The predicted molar refractivity (Wildman–Crippen MR) is 80.2 cm³/mol. The Morgan fingerprint density at radius 3 is 3.05 bits per heavy atom. The second-order valence-corrected chi connectivity index (χ2v) is 5.34. The Kier molecular flexibility index (Phi) is 5.23. The van der Waals surface area contributed by atoms with Gasteiger partial charge in [-0.3, -0.25) is 0 Å². The molecule has 7 heteroatoms. The Balaban J connectivity index is 2.17. The van der Waals surface area contributed by atoms with Gasteiger partial charge < -0.3 is 10.1 Å². The molecule has 2 aromatic rings. The second kappa shape index (κ2) is 6.92. The molecule has 102 valence electrons. The van der Waals surface area contributed by atoms with Gasteiger partial charge in [-0.15, -0.1) is 5.10 Å². The first kappa shape index (κ1) is 14.4. The Labute approximate surface area is 125 Å². The fourth-order valence-electron chi connectivity index (χ4n) is 1.72. The number of rotatable bonds is 6. The van der Waals surface area contributed by atoms with Crippen molar-refractivity contribution in [2.75, 3.05) is 20.3 Å². The van der Waals surface area contributed by atoms with E-state index in [-0.39, 0.29) is 6.04 Å². The van der Waals surface area contributed by atoms with Gasteiger partial charge in [0.25, 0.3) is 0 Å². The van der Waals surface area contributed by atoms with E-state index in [1.165, 1.54) is 0 Å². The average Bonchev–Trinajstić information content (AvgIpc) is 2.88. The average molecular weight is 373 g/mol. The van der Waals surface area contributed by atoms with E-state index < -0.39 is 0 Å². The zero-order valence-corrected chi connectivity index (χ0v) is 13.0. The maximum absolute atomic E-state index is 5.02. The summed E-state index contributed by atoms with van der Waals surface area (Å²) in [5.41, 5.74) is 0.965. The first-order valence-corrected chi connectivity index (χ1v) is 7.07. The van der Waals surface area contributed by atoms with Gasteiger partial charge in [-0.1, -0.05) is 6.07 Å². The molecule has 0 radical (unpaired) electrons. The summed E-state index contributed by atoms with van der Waals surface area (Å²) < 4.78 is 7.92. The van der Waals surface area contributed by atoms with Crippen LogP contribution in [-0.2, 0) is 4.74 Å². The van der Waals surface area contributed by atoms with E-state index in [1.54, 1.807) is 11.8 Å². The van der Waals surface area contributed by atoms with Crippen LogP contribution in [0.4, 0.5) is 0 Å². The van der Waals surface area contributed by atoms with Crippen molar-refractivity contribution in [1.82, 2.24) is 25.5 Å². The summed E-state index contributed by atoms with van der Waals surface area (Å²) in [5, 5.41) is 15.2. The van der Waals surface area contributed by atoms with Gasteiger partial charge in [0.05, 0.1) is 18.3 Å². The third-order valence-electron chi connectivity index (χ3n) is 2.69. The number of benzene rings is 1. The summed E-state index contributed by atoms with van der Waals surface area (Å²) in [6.45, 7) is 3.46. The summed E-state index contributed by atoms with van der Waals surface area (Å²) in [4.78, 5) is 0. The van der Waals surface area contributed by atoms with Crippen LogP contribution in [0.3, 0.4) is 0 Å². The number of nitrogens with zero attached hydrogens (tertiary/aromatic N) is 4. The molecule has 1 heterocycles. The van der Waals surface area contributed by atoms with Crippen molar-refractivity contribution >= 4 is 22.6 Å². The Hall–Kier alpha value is -1.06. The lowest BCUT2D eigenvalue weighted by molar-refractivity contribution is 0.196. The molecule has 0 bridgehead atoms. The van der Waals surface area contributed by atoms with Crippen LogP contribution in [0.2, 0.25) is 0 Å². The third-order valence-corrected chi connectivity index (χ3v) is 3.36. The molecule has 0 aliphatic carbocycles. The van der Waals surface area contributed by atoms with E-state index in [4.69, 9.17) is 4.74 Å². The van der Waals surface area contributed by atoms with E-state index in [9.17, 15) is 0 Å². The number of methoxy groups -OCH3 is 1. The number of ether oxygens (including phenoxy) is 1. The molecular weight excluding hydrogens is 357 g/mol. The molecule has 1 N–H and O–H groups in total. The maximum atomic E-state index is 5.02. The summed E-state index contributed by atoms with van der Waals surface area (Å²) in [5.74, 6) is 0.790. The van der Waals surface area contributed by atoms with Crippen molar-refractivity contribution in [3.8, 4) is 5.69 Å². The van der Waals surface area contributed by atoms with E-state index in [1.807, 2.05) is 31.2 Å². The molecule has 2 rings (SSSR count). The molecule has 1 atom stereocenters. The van der Waals surface area contributed by atoms with E-state index >= 15 is 0 Å². The normalized spacial score (nSPS) is 12.6. The lowest BCUT2D eigenvalue weighted by Crippen LogP contribution is -2.25. The topological polar surface area (TPSA) is 64.9 Å². The smallest absolute Gasteiger partial charge is 0.173 e. The number of aromatic nitrogens is 4. The van der Waals surface area contributed by atoms with Crippen LogP contribution >= 0.6 is 22.6 Å². The third kappa shape index (κ3) is 3.71. The van der Waals surface area contributed by atoms with Crippen molar-refractivity contribution in [2.24, 2.45) is 0 Å². The van der Waals surface area contributed by atoms with Crippen molar-refractivity contribution in [2.45, 2.75) is 13.0 Å². The van der Waals surface area contributed by atoms with Gasteiger partial charge in [0.15, 0.2) is 5.82 Å². The number of nitrogens with one attached hydrogen (secondary N) is 1. The largest absolute Gasteiger partial charge is 0.383 e. The van der Waals surface area contributed by atoms with Crippen LogP contribution in [0.25, 0.3) is 5.69 Å². The van der Waals surface area contributed by atoms with Crippen LogP contribution in [0.15, 0.2) is 24.3 Å². The molecule has 6 nitrogen and oxygen atoms in total. The first-order chi connectivity index (χ1) is 9.22. The molecule has 1 aromatic heterocycles. The second-order valence-electron chi connectivity index (χ2n) is 4.10. The molecule has 1 aromatic carbocycles. The van der Waals surface area contributed by atoms with E-state index in [0.717, 1.165) is 21.6 Å². The number of hydrogen-bond acceptors (Lipinski definition) is 5. The predicted octanol–water partition coefficient (Wildman–Crippen LogP) is 1.56. The zero-order chi connectivity index (χ0) is 13.7. The molecule has 0 fully saturated rings. The summed E-state index contributed by atoms with van der Waals surface area (Å²) in [6, 6.07) is 8.12. The molecule has 1 unspecified atom stereocenters. The molecule has 0 saturated carbocycles. The standard InChI is InChI=1S/C12H16IN5O/c1-9(14-6-7-19-2)12-15-16-17-18(12)11-5-3-4-10(13)8-11/h3-5,8-9,14H,6-7H2,1-2H3. The lowest BCUT2D eigenvalue weighted by atomic mass is 10.3. The van der Waals surface area contributed by atoms with Gasteiger partial charge in [0.1, 0.15) is 0 Å². The van der Waals surface area contributed by atoms with Crippen LogP contribution < -0.4 is 5.32 Å². The minimum atomic E-state index is 0.0583. The molecule has 0 aliphatic heterocycles. The van der Waals surface area contributed by atoms with Crippen molar-refractivity contribution in [3.05, 3.63) is 33.7 Å². The van der Waals surface area contributed by atoms with Crippen LogP contribution in [0, 0.1) is 3.57 Å². The van der Waals surface area contributed by atoms with Gasteiger partial charge >= 0.3 is 0 Å². The van der Waals surface area contributed by atoms with Crippen molar-refractivity contribution < 1.29 is 4.74 Å². The fraction of sp³-hybridized carbons (Fsp3) is 0.417. The SMILES string of the molecule is COCCNC(C)c1nnnn1-c1cccc(I)c1. The van der Waals surface area contributed by atoms with Crippen molar-refractivity contribution in [1.29, 1.82) is 0 Å². The van der Waals surface area contributed by atoms with E-state index in [2.05, 4.69) is 43.4 Å². The highest BCUT2D eigenvalue weighted by Gasteiger charge is 2.15. The summed E-state index contributed by atoms with van der Waals surface area (Å²) in [6.07, 6.45) is 0. The minimum Gasteiger partial charge on any atom is -0.383 e. The lowest BCUT2D eigenvalue weighted by Gasteiger charge is -2.13. The molecular formula is C12H16IN5O. The molecule has 0 spiro atoms. The van der Waals surface area contributed by atoms with Crippen LogP contribution in [0.1, 0.15) is 18.8 Å². The van der Waals surface area contributed by atoms with Gasteiger partial charge in [0.2, 0.25) is 0 Å². The number of halogens is 1. The zero-order valence-electron chi connectivity index (χ0n) is 10.9. The van der Waals surface area contributed by atoms with Crippen molar-refractivity contribution in [3.63, 3.8) is 0 Å². The Bertz CT molecular complexity index is 530. The maximum Gasteiger partial charge on any atom is 0.173 e. The monoisotopic (exact) mass is 373 g/mol. The molecule has 0 amide bonds. The summed E-state index contributed by atoms with van der Waals surface area (Å²) in [7, 11) is 1.68. The highest BCUT2D eigenvalue weighted by molar-refractivity contribution is 14.1. The number of tetrazole rings is 1. The molecule has 19 heavy (non-hydrogen) atoms. The molecule has 0 saturated heterocycles. The van der Waals surface area contributed by atoms with Crippen LogP contribution in [0.5, 0.6) is 0 Å². The highest BCUT2D eigenvalue weighted by Crippen LogP contribution is 2.15. The Morgan fingerprint density at radius 2 is 2.32 bits per heavy atom. The first-order valence-electron chi connectivity index (χ1n) is 5.99. The fourth-order valence-corrected chi connectivity index (χ4v) is 2.25. The van der Waals surface area contributed by atoms with E-state index in [0.29, 0.717) is 6.61 Å². The number of hydrogen-bond donors (Lipinski definition) is 1. The Morgan fingerprint density at radius 1 is 1.47 bits per heavy atom. The quantitative estimate of drug-likeness (QED) is 0.615. The van der Waals surface area contributed by atoms with Crippen LogP contribution in [-0.4, -0.2) is 40.5 Å². The molecule has 0 aliphatic rings. The van der Waals surface area contributed by atoms with Gasteiger partial charge in [0, 0.05) is 17.2 Å². The minimum absolute atomic E-state index is 0.0583. The highest BCUT2D eigenvalue weighted by atomic mass is 127. The van der Waals surface area contributed by atoms with Gasteiger partial charge in [-0.2, -0.15) is 4.68 Å². The van der Waals surface area contributed by atoms with Gasteiger partial charge in [-0.05, 0) is 58.1 Å². The summed E-state index contributed by atoms with van der Waals surface area (Å²) >= 11 is 2.27. The van der Waals surface area contributed by atoms with Gasteiger partial charge in [-0.25, -0.2) is 0 Å².